The number of carbonyl (C=O) groups is 2. The molecule has 33 heavy (non-hydrogen) atoms. The number of nitrogens with two attached hydrogens (primary N) is 1. The van der Waals surface area contributed by atoms with Crippen LogP contribution in [0.5, 0.6) is 0 Å². The van der Waals surface area contributed by atoms with Crippen molar-refractivity contribution in [2.75, 3.05) is 30.8 Å². The van der Waals surface area contributed by atoms with Gasteiger partial charge in [-0.05, 0) is 62.3 Å². The van der Waals surface area contributed by atoms with E-state index < -0.39 is 0 Å². The van der Waals surface area contributed by atoms with E-state index in [0.717, 1.165) is 48.1 Å². The largest absolute Gasteiger partial charge is 0.388 e. The summed E-state index contributed by atoms with van der Waals surface area (Å²) in [5.41, 5.74) is 8.60. The van der Waals surface area contributed by atoms with Crippen molar-refractivity contribution >= 4 is 39.0 Å². The Bertz CT molecular complexity index is 947. The fraction of sp³-hybridized carbons (Fsp3) is 0.458. The van der Waals surface area contributed by atoms with Crippen LogP contribution in [0.1, 0.15) is 19.8 Å². The molecule has 1 aromatic carbocycles. The highest BCUT2D eigenvalue weighted by molar-refractivity contribution is 7.24. The number of carbonyl (C=O) groups excluding carboxylic acids is 2. The predicted molar refractivity (Wildman–Crippen MR) is 138 cm³/mol. The summed E-state index contributed by atoms with van der Waals surface area (Å²) in [7, 11) is 4.57. The smallest absolute Gasteiger partial charge is 0.222 e. The van der Waals surface area contributed by atoms with Crippen LogP contribution < -0.4 is 27.0 Å². The normalized spacial score (nSPS) is 26.7. The van der Waals surface area contributed by atoms with E-state index in [1.165, 1.54) is 0 Å². The van der Waals surface area contributed by atoms with Gasteiger partial charge in [-0.25, -0.2) is 4.99 Å². The lowest BCUT2D eigenvalue weighted by atomic mass is 9.77. The monoisotopic (exact) mass is 470 g/mol. The van der Waals surface area contributed by atoms with Crippen LogP contribution in [0.25, 0.3) is 0 Å². The summed E-state index contributed by atoms with van der Waals surface area (Å²) in [6.45, 7) is 7.09. The molecule has 1 aromatic rings. The SMILES string of the molecule is C=C(N=C/C(P)=C(\C)NC1C2CC(CC2CNCC=O)C1C(N)=O)Nc1cccc(NC)c1. The molecule has 6 atom stereocenters. The van der Waals surface area contributed by atoms with E-state index in [9.17, 15) is 9.59 Å². The number of amides is 1. The number of rotatable bonds is 12. The first-order chi connectivity index (χ1) is 15.8. The maximum atomic E-state index is 12.2. The molecule has 2 saturated carbocycles. The van der Waals surface area contributed by atoms with Crippen LogP contribution in [0.15, 0.2) is 52.7 Å². The van der Waals surface area contributed by atoms with E-state index in [4.69, 9.17) is 5.73 Å². The average molecular weight is 471 g/mol. The molecule has 6 N–H and O–H groups in total. The second-order valence-corrected chi connectivity index (χ2v) is 9.44. The van der Waals surface area contributed by atoms with Crippen molar-refractivity contribution in [3.05, 3.63) is 47.7 Å². The fourth-order valence-electron chi connectivity index (χ4n) is 5.19. The zero-order valence-electron chi connectivity index (χ0n) is 19.3. The molecule has 1 amide bonds. The number of nitrogens with one attached hydrogen (secondary N) is 4. The molecular weight excluding hydrogens is 435 g/mol. The Labute approximate surface area is 198 Å². The summed E-state index contributed by atoms with van der Waals surface area (Å²) in [4.78, 5) is 27.3. The molecule has 0 spiro atoms. The first-order valence-electron chi connectivity index (χ1n) is 11.3. The highest BCUT2D eigenvalue weighted by Crippen LogP contribution is 2.51. The molecule has 8 nitrogen and oxygen atoms in total. The lowest BCUT2D eigenvalue weighted by Gasteiger charge is -2.36. The van der Waals surface area contributed by atoms with Crippen LogP contribution in [-0.2, 0) is 9.59 Å². The molecule has 0 heterocycles. The third kappa shape index (κ3) is 6.21. The topological polar surface area (TPSA) is 121 Å². The molecule has 0 aliphatic heterocycles. The second-order valence-electron chi connectivity index (χ2n) is 8.82. The van der Waals surface area contributed by atoms with E-state index in [1.54, 1.807) is 6.21 Å². The highest BCUT2D eigenvalue weighted by Gasteiger charge is 2.54. The maximum Gasteiger partial charge on any atom is 0.222 e. The molecule has 0 aromatic heterocycles. The standard InChI is InChI=1S/C24H35N6O2P/c1-14(21(33)13-28-15(2)30-19-6-4-5-18(11-19)26-3)29-23-20-10-16(22(23)24(25)32)9-17(20)12-27-7-8-31/h4-6,8,11,13,16-17,20,22-23,26-27,29-30H,2,7,9-10,12,33H2,1,3H3,(H2,25,32)/b21-14-,28-13?. The summed E-state index contributed by atoms with van der Waals surface area (Å²) < 4.78 is 0. The maximum absolute atomic E-state index is 12.2. The van der Waals surface area contributed by atoms with E-state index in [1.807, 2.05) is 38.2 Å². The Hall–Kier alpha value is -2.70. The van der Waals surface area contributed by atoms with E-state index in [0.29, 0.717) is 30.1 Å². The summed E-state index contributed by atoms with van der Waals surface area (Å²) in [6, 6.07) is 7.84. The Kier molecular flexibility index (Phi) is 8.64. The van der Waals surface area contributed by atoms with Gasteiger partial charge in [0.2, 0.25) is 5.91 Å². The Balaban J connectivity index is 1.64. The number of aliphatic imine (C=N–C) groups is 1. The average Bonchev–Trinajstić information content (AvgIpc) is 3.36. The predicted octanol–water partition coefficient (Wildman–Crippen LogP) is 2.29. The molecule has 6 unspecified atom stereocenters. The van der Waals surface area contributed by atoms with Gasteiger partial charge in [0.15, 0.2) is 0 Å². The molecule has 2 bridgehead atoms. The van der Waals surface area contributed by atoms with Crippen LogP contribution in [0.4, 0.5) is 11.4 Å². The summed E-state index contributed by atoms with van der Waals surface area (Å²) in [5.74, 6) is 1.15. The highest BCUT2D eigenvalue weighted by atomic mass is 31.0. The number of benzene rings is 1. The minimum atomic E-state index is -0.243. The summed E-state index contributed by atoms with van der Waals surface area (Å²) in [6.07, 6.45) is 4.57. The first kappa shape index (κ1) is 24.9. The Morgan fingerprint density at radius 3 is 2.79 bits per heavy atom. The van der Waals surface area contributed by atoms with E-state index >= 15 is 0 Å². The second kappa shape index (κ2) is 11.4. The zero-order valence-corrected chi connectivity index (χ0v) is 20.5. The molecule has 9 heteroatoms. The third-order valence-corrected chi connectivity index (χ3v) is 7.30. The van der Waals surface area contributed by atoms with Crippen molar-refractivity contribution in [1.82, 2.24) is 10.6 Å². The van der Waals surface area contributed by atoms with Gasteiger partial charge in [0.05, 0.1) is 12.5 Å². The number of hydrogen-bond acceptors (Lipinski definition) is 7. The van der Waals surface area contributed by atoms with E-state index in [2.05, 4.69) is 42.1 Å². The number of hydrogen-bond donors (Lipinski definition) is 5. The summed E-state index contributed by atoms with van der Waals surface area (Å²) >= 11 is 0. The Morgan fingerprint density at radius 1 is 1.33 bits per heavy atom. The number of primary amides is 1. The van der Waals surface area contributed by atoms with Crippen molar-refractivity contribution in [1.29, 1.82) is 0 Å². The number of nitrogens with zero attached hydrogens (tertiary/aromatic N) is 1. The lowest BCUT2D eigenvalue weighted by Crippen LogP contribution is -2.49. The van der Waals surface area contributed by atoms with Crippen molar-refractivity contribution in [3.63, 3.8) is 0 Å². The van der Waals surface area contributed by atoms with Crippen LogP contribution >= 0.6 is 9.24 Å². The van der Waals surface area contributed by atoms with Gasteiger partial charge < -0.3 is 31.8 Å². The van der Waals surface area contributed by atoms with Gasteiger partial charge in [0.1, 0.15) is 12.1 Å². The van der Waals surface area contributed by atoms with Crippen LogP contribution in [0, 0.1) is 23.7 Å². The van der Waals surface area contributed by atoms with Gasteiger partial charge in [-0.3, -0.25) is 4.79 Å². The van der Waals surface area contributed by atoms with Gasteiger partial charge in [0.25, 0.3) is 0 Å². The van der Waals surface area contributed by atoms with Crippen molar-refractivity contribution in [2.24, 2.45) is 34.4 Å². The molecule has 178 valence electrons. The molecule has 2 aliphatic rings. The third-order valence-electron chi connectivity index (χ3n) is 6.72. The molecular formula is C24H35N6O2P. The van der Waals surface area contributed by atoms with Gasteiger partial charge in [-0.1, -0.05) is 12.6 Å². The van der Waals surface area contributed by atoms with Crippen molar-refractivity contribution < 1.29 is 9.59 Å². The molecule has 0 radical (unpaired) electrons. The van der Waals surface area contributed by atoms with Gasteiger partial charge in [0, 0.05) is 41.7 Å². The minimum Gasteiger partial charge on any atom is -0.388 e. The molecule has 2 aliphatic carbocycles. The van der Waals surface area contributed by atoms with Crippen LogP contribution in [0.3, 0.4) is 0 Å². The minimum absolute atomic E-state index is 0.0150. The molecule has 2 fully saturated rings. The van der Waals surface area contributed by atoms with Crippen LogP contribution in [0.2, 0.25) is 0 Å². The molecule has 3 rings (SSSR count). The summed E-state index contributed by atoms with van der Waals surface area (Å²) in [5, 5.41) is 13.9. The zero-order chi connectivity index (χ0) is 24.0. The Morgan fingerprint density at radius 2 is 2.09 bits per heavy atom. The van der Waals surface area contributed by atoms with Gasteiger partial charge >= 0.3 is 0 Å². The van der Waals surface area contributed by atoms with Crippen LogP contribution in [-0.4, -0.2) is 44.6 Å². The van der Waals surface area contributed by atoms with E-state index in [-0.39, 0.29) is 17.9 Å². The van der Waals surface area contributed by atoms with Crippen molar-refractivity contribution in [3.8, 4) is 0 Å². The quantitative estimate of drug-likeness (QED) is 0.138. The number of anilines is 2. The number of aldehydes is 1. The lowest BCUT2D eigenvalue weighted by molar-refractivity contribution is -0.124. The number of fused-ring (bicyclic) bond motifs is 2. The fourth-order valence-corrected chi connectivity index (χ4v) is 5.35. The molecule has 0 saturated heterocycles. The number of allylic oxidation sites excluding steroid dienone is 2. The van der Waals surface area contributed by atoms with Crippen molar-refractivity contribution in [2.45, 2.75) is 25.8 Å². The first-order valence-corrected chi connectivity index (χ1v) is 11.9. The van der Waals surface area contributed by atoms with Gasteiger partial charge in [-0.2, -0.15) is 0 Å². The van der Waals surface area contributed by atoms with Gasteiger partial charge in [-0.15, -0.1) is 9.24 Å².